The lowest BCUT2D eigenvalue weighted by atomic mass is 10.0. The summed E-state index contributed by atoms with van der Waals surface area (Å²) >= 11 is 0. The average molecular weight is 378 g/mol. The molecule has 3 aromatic rings. The van der Waals surface area contributed by atoms with Crippen LogP contribution in [0.25, 0.3) is 10.9 Å². The van der Waals surface area contributed by atoms with E-state index in [-0.39, 0.29) is 24.1 Å². The molecule has 1 amide bonds. The van der Waals surface area contributed by atoms with Crippen molar-refractivity contribution in [2.45, 2.75) is 59.2 Å². The van der Waals surface area contributed by atoms with Gasteiger partial charge < -0.3 is 9.88 Å². The van der Waals surface area contributed by atoms with Gasteiger partial charge in [0.25, 0.3) is 5.56 Å². The van der Waals surface area contributed by atoms with Gasteiger partial charge in [-0.2, -0.15) is 5.10 Å². The van der Waals surface area contributed by atoms with Crippen LogP contribution in [0.3, 0.4) is 0 Å². The molecule has 0 unspecified atom stereocenters. The molecule has 4 rings (SSSR count). The molecule has 146 valence electrons. The molecule has 28 heavy (non-hydrogen) atoms. The van der Waals surface area contributed by atoms with Gasteiger partial charge in [-0.3, -0.25) is 9.59 Å². The number of carbonyl (C=O) groups is 1. The Hall–Kier alpha value is -2.89. The molecule has 1 atom stereocenters. The fourth-order valence-electron chi connectivity index (χ4n) is 3.97. The van der Waals surface area contributed by atoms with Crippen LogP contribution in [-0.2, 0) is 11.3 Å². The van der Waals surface area contributed by atoms with E-state index < -0.39 is 0 Å². The summed E-state index contributed by atoms with van der Waals surface area (Å²) in [7, 11) is 0. The summed E-state index contributed by atoms with van der Waals surface area (Å²) in [5, 5.41) is 7.91. The maximum Gasteiger partial charge on any atom is 0.276 e. The highest BCUT2D eigenvalue weighted by atomic mass is 16.2. The zero-order valence-corrected chi connectivity index (χ0v) is 16.8. The van der Waals surface area contributed by atoms with Crippen LogP contribution in [0.2, 0.25) is 0 Å². The molecule has 1 aromatic carbocycles. The van der Waals surface area contributed by atoms with E-state index in [0.717, 1.165) is 35.0 Å². The number of hydrogen-bond acceptors (Lipinski definition) is 3. The van der Waals surface area contributed by atoms with Crippen molar-refractivity contribution in [3.8, 4) is 0 Å². The predicted molar refractivity (Wildman–Crippen MR) is 109 cm³/mol. The molecule has 0 radical (unpaired) electrons. The number of carbonyl (C=O) groups excluding carboxylic acids is 1. The van der Waals surface area contributed by atoms with E-state index in [1.807, 2.05) is 46.0 Å². The fourth-order valence-corrected chi connectivity index (χ4v) is 3.97. The van der Waals surface area contributed by atoms with E-state index in [4.69, 9.17) is 0 Å². The summed E-state index contributed by atoms with van der Waals surface area (Å²) in [5.41, 5.74) is 5.01. The quantitative estimate of drug-likeness (QED) is 0.740. The first-order chi connectivity index (χ1) is 13.3. The Bertz CT molecular complexity index is 1120. The SMILES string of the molecule is Cc1ccc([C@H](C)NC(=O)Cn2ncc3c(c(C)cn3C3CC3)c2=O)c(C)c1. The van der Waals surface area contributed by atoms with Gasteiger partial charge in [-0.25, -0.2) is 4.68 Å². The summed E-state index contributed by atoms with van der Waals surface area (Å²) in [4.78, 5) is 25.5. The van der Waals surface area contributed by atoms with E-state index in [9.17, 15) is 9.59 Å². The first-order valence-corrected chi connectivity index (χ1v) is 9.79. The Morgan fingerprint density at radius 2 is 2.00 bits per heavy atom. The van der Waals surface area contributed by atoms with Crippen LogP contribution in [0.5, 0.6) is 0 Å². The lowest BCUT2D eigenvalue weighted by Crippen LogP contribution is -2.35. The van der Waals surface area contributed by atoms with Crippen molar-refractivity contribution < 1.29 is 4.79 Å². The third-order valence-corrected chi connectivity index (χ3v) is 5.53. The number of nitrogens with zero attached hydrogens (tertiary/aromatic N) is 3. The van der Waals surface area contributed by atoms with E-state index in [1.54, 1.807) is 6.20 Å². The topological polar surface area (TPSA) is 68.9 Å². The van der Waals surface area contributed by atoms with Gasteiger partial charge in [-0.1, -0.05) is 23.8 Å². The van der Waals surface area contributed by atoms with Crippen molar-refractivity contribution in [2.24, 2.45) is 0 Å². The Kier molecular flexibility index (Phi) is 4.57. The third-order valence-electron chi connectivity index (χ3n) is 5.53. The van der Waals surface area contributed by atoms with Crippen LogP contribution in [0.4, 0.5) is 0 Å². The number of nitrogens with one attached hydrogen (secondary N) is 1. The first kappa shape index (κ1) is 18.5. The van der Waals surface area contributed by atoms with Gasteiger partial charge in [0.05, 0.1) is 23.1 Å². The van der Waals surface area contributed by atoms with Gasteiger partial charge in [-0.15, -0.1) is 0 Å². The molecule has 1 fully saturated rings. The fraction of sp³-hybridized carbons (Fsp3) is 0.409. The third kappa shape index (κ3) is 3.35. The second-order valence-corrected chi connectivity index (χ2v) is 7.97. The van der Waals surface area contributed by atoms with Crippen molar-refractivity contribution in [1.82, 2.24) is 19.7 Å². The Morgan fingerprint density at radius 1 is 1.25 bits per heavy atom. The highest BCUT2D eigenvalue weighted by molar-refractivity contribution is 5.83. The second kappa shape index (κ2) is 6.93. The van der Waals surface area contributed by atoms with Gasteiger partial charge in [0.1, 0.15) is 6.54 Å². The summed E-state index contributed by atoms with van der Waals surface area (Å²) in [6.07, 6.45) is 6.02. The Labute approximate surface area is 164 Å². The molecule has 0 aliphatic heterocycles. The monoisotopic (exact) mass is 378 g/mol. The molecule has 0 saturated heterocycles. The number of fused-ring (bicyclic) bond motifs is 1. The lowest BCUT2D eigenvalue weighted by molar-refractivity contribution is -0.122. The number of hydrogen-bond donors (Lipinski definition) is 1. The van der Waals surface area contributed by atoms with Crippen LogP contribution in [0, 0.1) is 20.8 Å². The maximum atomic E-state index is 12.9. The molecule has 2 heterocycles. The summed E-state index contributed by atoms with van der Waals surface area (Å²) < 4.78 is 3.41. The van der Waals surface area contributed by atoms with Gasteiger partial charge >= 0.3 is 0 Å². The largest absolute Gasteiger partial charge is 0.348 e. The van der Waals surface area contributed by atoms with Crippen molar-refractivity contribution in [1.29, 1.82) is 0 Å². The van der Waals surface area contributed by atoms with Crippen LogP contribution in [-0.4, -0.2) is 20.3 Å². The number of rotatable bonds is 5. The molecule has 1 aliphatic carbocycles. The summed E-state index contributed by atoms with van der Waals surface area (Å²) in [5.74, 6) is -0.222. The second-order valence-electron chi connectivity index (χ2n) is 7.97. The molecule has 6 heteroatoms. The predicted octanol–water partition coefficient (Wildman–Crippen LogP) is 3.34. The minimum Gasteiger partial charge on any atom is -0.348 e. The first-order valence-electron chi connectivity index (χ1n) is 9.79. The van der Waals surface area contributed by atoms with Crippen molar-refractivity contribution in [2.75, 3.05) is 0 Å². The molecule has 1 saturated carbocycles. The van der Waals surface area contributed by atoms with Gasteiger partial charge in [0.15, 0.2) is 0 Å². The Balaban J connectivity index is 1.54. The van der Waals surface area contributed by atoms with Crippen LogP contribution in [0.15, 0.2) is 35.4 Å². The zero-order valence-electron chi connectivity index (χ0n) is 16.8. The van der Waals surface area contributed by atoms with E-state index in [0.29, 0.717) is 11.4 Å². The normalized spacial score (nSPS) is 15.0. The standard InChI is InChI=1S/C22H26N4O2/c1-13-5-8-18(14(2)9-13)16(4)24-20(27)12-26-22(28)21-15(3)11-25(17-6-7-17)19(21)10-23-26/h5,8-11,16-17H,6-7,12H2,1-4H3,(H,24,27)/t16-/m0/s1. The van der Waals surface area contributed by atoms with E-state index in [1.165, 1.54) is 10.2 Å². The highest BCUT2D eigenvalue weighted by Crippen LogP contribution is 2.37. The lowest BCUT2D eigenvalue weighted by Gasteiger charge is -2.17. The zero-order chi connectivity index (χ0) is 20.0. The van der Waals surface area contributed by atoms with Gasteiger partial charge in [0, 0.05) is 12.2 Å². The molecule has 0 bridgehead atoms. The van der Waals surface area contributed by atoms with E-state index in [2.05, 4.69) is 21.0 Å². The average Bonchev–Trinajstić information content (AvgIpc) is 3.41. The molecule has 0 spiro atoms. The summed E-state index contributed by atoms with van der Waals surface area (Å²) in [6, 6.07) is 6.53. The van der Waals surface area contributed by atoms with E-state index >= 15 is 0 Å². The number of aromatic nitrogens is 3. The molecular formula is C22H26N4O2. The van der Waals surface area contributed by atoms with Crippen LogP contribution >= 0.6 is 0 Å². The van der Waals surface area contributed by atoms with Crippen LogP contribution < -0.4 is 10.9 Å². The van der Waals surface area contributed by atoms with Crippen molar-refractivity contribution in [3.05, 3.63) is 63.2 Å². The number of benzene rings is 1. The minimum atomic E-state index is -0.222. The molecule has 1 N–H and O–H groups in total. The van der Waals surface area contributed by atoms with Crippen molar-refractivity contribution in [3.63, 3.8) is 0 Å². The van der Waals surface area contributed by atoms with Gasteiger partial charge in [-0.05, 0) is 57.2 Å². The molecule has 6 nitrogen and oxygen atoms in total. The smallest absolute Gasteiger partial charge is 0.276 e. The number of aryl methyl sites for hydroxylation is 3. The Morgan fingerprint density at radius 3 is 2.68 bits per heavy atom. The molecule has 1 aliphatic rings. The molecule has 2 aromatic heterocycles. The van der Waals surface area contributed by atoms with Crippen molar-refractivity contribution >= 4 is 16.8 Å². The number of amides is 1. The molecular weight excluding hydrogens is 352 g/mol. The summed E-state index contributed by atoms with van der Waals surface area (Å²) in [6.45, 7) is 7.90. The van der Waals surface area contributed by atoms with Crippen LogP contribution in [0.1, 0.15) is 54.1 Å². The minimum absolute atomic E-state index is 0.0852. The highest BCUT2D eigenvalue weighted by Gasteiger charge is 2.26. The van der Waals surface area contributed by atoms with Gasteiger partial charge in [0.2, 0.25) is 5.91 Å². The maximum absolute atomic E-state index is 12.9.